The van der Waals surface area contributed by atoms with Crippen molar-refractivity contribution in [2.75, 3.05) is 6.61 Å². The number of carbonyl (C=O) groups excluding carboxylic acids is 2. The van der Waals surface area contributed by atoms with Crippen molar-refractivity contribution in [3.63, 3.8) is 0 Å². The molecule has 0 saturated heterocycles. The van der Waals surface area contributed by atoms with Crippen molar-refractivity contribution >= 4 is 17.7 Å². The van der Waals surface area contributed by atoms with Gasteiger partial charge in [-0.15, -0.1) is 0 Å². The molecule has 0 aliphatic heterocycles. The number of carboxylic acid groups (broad SMARTS) is 1. The van der Waals surface area contributed by atoms with E-state index in [4.69, 9.17) is 5.11 Å². The number of ether oxygens (including phenoxy) is 1. The van der Waals surface area contributed by atoms with Crippen LogP contribution in [-0.2, 0) is 20.7 Å². The second kappa shape index (κ2) is 7.23. The number of allylic oxidation sites excluding steroid dienone is 2. The first-order valence-electron chi connectivity index (χ1n) is 6.06. The second-order valence-corrected chi connectivity index (χ2v) is 4.44. The molecule has 0 spiro atoms. The van der Waals surface area contributed by atoms with Gasteiger partial charge in [0.05, 0.1) is 0 Å². The summed E-state index contributed by atoms with van der Waals surface area (Å²) in [5.74, 6) is -3.29. The number of ketones is 1. The van der Waals surface area contributed by atoms with Crippen LogP contribution in [0.3, 0.4) is 0 Å². The van der Waals surface area contributed by atoms with Gasteiger partial charge in [0.1, 0.15) is 0 Å². The largest absolute Gasteiger partial charge is 0.479 e. The summed E-state index contributed by atoms with van der Waals surface area (Å²) in [7, 11) is 0. The van der Waals surface area contributed by atoms with Crippen LogP contribution in [0, 0.1) is 0 Å². The molecule has 1 aromatic carbocycles. The minimum Gasteiger partial charge on any atom is -0.479 e. The van der Waals surface area contributed by atoms with E-state index >= 15 is 0 Å². The van der Waals surface area contributed by atoms with E-state index in [1.165, 1.54) is 6.07 Å². The van der Waals surface area contributed by atoms with Gasteiger partial charge < -0.3 is 9.84 Å². The van der Waals surface area contributed by atoms with Crippen LogP contribution in [0.1, 0.15) is 29.8 Å². The Bertz CT molecular complexity index is 553. The zero-order valence-electron chi connectivity index (χ0n) is 11.4. The summed E-state index contributed by atoms with van der Waals surface area (Å²) in [5.41, 5.74) is 2.03. The lowest BCUT2D eigenvalue weighted by Crippen LogP contribution is -2.22. The van der Waals surface area contributed by atoms with Gasteiger partial charge in [-0.25, -0.2) is 9.59 Å². The average Bonchev–Trinajstić information content (AvgIpc) is 2.41. The highest BCUT2D eigenvalue weighted by atomic mass is 16.6. The quantitative estimate of drug-likeness (QED) is 0.372. The molecule has 1 N–H and O–H groups in total. The predicted molar refractivity (Wildman–Crippen MR) is 72.5 cm³/mol. The third-order valence-electron chi connectivity index (χ3n) is 2.50. The van der Waals surface area contributed by atoms with E-state index in [-0.39, 0.29) is 5.56 Å². The first kappa shape index (κ1) is 15.6. The molecular formula is C15H16O5. The van der Waals surface area contributed by atoms with Gasteiger partial charge in [-0.2, -0.15) is 0 Å². The van der Waals surface area contributed by atoms with E-state index in [9.17, 15) is 14.4 Å². The molecule has 0 fully saturated rings. The lowest BCUT2D eigenvalue weighted by Gasteiger charge is -2.06. The maximum Gasteiger partial charge on any atom is 0.380 e. The molecular weight excluding hydrogens is 260 g/mol. The molecule has 0 aliphatic rings. The molecule has 0 unspecified atom stereocenters. The molecule has 0 atom stereocenters. The van der Waals surface area contributed by atoms with Gasteiger partial charge >= 0.3 is 11.9 Å². The van der Waals surface area contributed by atoms with E-state index in [0.717, 1.165) is 5.57 Å². The Hall–Kier alpha value is -2.43. The fraction of sp³-hybridized carbons (Fsp3) is 0.267. The van der Waals surface area contributed by atoms with Crippen molar-refractivity contribution in [3.8, 4) is 0 Å². The number of benzene rings is 1. The molecule has 0 heterocycles. The fourth-order valence-electron chi connectivity index (χ4n) is 1.54. The van der Waals surface area contributed by atoms with Crippen LogP contribution >= 0.6 is 0 Å². The minimum atomic E-state index is -1.30. The first-order valence-corrected chi connectivity index (χ1v) is 6.06. The van der Waals surface area contributed by atoms with Crippen LogP contribution in [0.5, 0.6) is 0 Å². The van der Waals surface area contributed by atoms with E-state index in [1.807, 2.05) is 19.9 Å². The maximum atomic E-state index is 11.9. The monoisotopic (exact) mass is 276 g/mol. The van der Waals surface area contributed by atoms with E-state index in [0.29, 0.717) is 12.0 Å². The van der Waals surface area contributed by atoms with Crippen molar-refractivity contribution < 1.29 is 24.2 Å². The zero-order valence-corrected chi connectivity index (χ0v) is 11.4. The SMILES string of the molecule is CC(C)=CCc1ccccc1C(=O)C(=O)OCC(=O)O. The van der Waals surface area contributed by atoms with Gasteiger partial charge in [-0.3, -0.25) is 4.79 Å². The summed E-state index contributed by atoms with van der Waals surface area (Å²) < 4.78 is 4.40. The molecule has 5 nitrogen and oxygen atoms in total. The smallest absolute Gasteiger partial charge is 0.380 e. The molecule has 20 heavy (non-hydrogen) atoms. The number of carbonyl (C=O) groups is 3. The Morgan fingerprint density at radius 3 is 2.45 bits per heavy atom. The Morgan fingerprint density at radius 1 is 1.20 bits per heavy atom. The van der Waals surface area contributed by atoms with Crippen LogP contribution in [0.2, 0.25) is 0 Å². The van der Waals surface area contributed by atoms with Crippen LogP contribution < -0.4 is 0 Å². The van der Waals surface area contributed by atoms with Gasteiger partial charge in [0.15, 0.2) is 6.61 Å². The Labute approximate surface area is 116 Å². The zero-order chi connectivity index (χ0) is 15.1. The van der Waals surface area contributed by atoms with Gasteiger partial charge in [0, 0.05) is 5.56 Å². The molecule has 0 radical (unpaired) electrons. The van der Waals surface area contributed by atoms with Crippen molar-refractivity contribution in [1.29, 1.82) is 0 Å². The van der Waals surface area contributed by atoms with Crippen LogP contribution in [0.15, 0.2) is 35.9 Å². The third-order valence-corrected chi connectivity index (χ3v) is 2.50. The number of carboxylic acids is 1. The minimum absolute atomic E-state index is 0.236. The summed E-state index contributed by atoms with van der Waals surface area (Å²) in [6, 6.07) is 6.69. The van der Waals surface area contributed by atoms with Gasteiger partial charge in [-0.1, -0.05) is 35.9 Å². The van der Waals surface area contributed by atoms with E-state index < -0.39 is 24.3 Å². The van der Waals surface area contributed by atoms with E-state index in [1.54, 1.807) is 18.2 Å². The number of aliphatic carboxylic acids is 1. The lowest BCUT2D eigenvalue weighted by molar-refractivity contribution is -0.151. The van der Waals surface area contributed by atoms with Crippen LogP contribution in [-0.4, -0.2) is 29.4 Å². The topological polar surface area (TPSA) is 80.7 Å². The van der Waals surface area contributed by atoms with Crippen molar-refractivity contribution in [2.45, 2.75) is 20.3 Å². The second-order valence-electron chi connectivity index (χ2n) is 4.44. The molecule has 1 rings (SSSR count). The Balaban J connectivity index is 2.89. The average molecular weight is 276 g/mol. The Kier molecular flexibility index (Phi) is 5.65. The van der Waals surface area contributed by atoms with Gasteiger partial charge in [-0.05, 0) is 25.8 Å². The van der Waals surface area contributed by atoms with Crippen molar-refractivity contribution in [2.24, 2.45) is 0 Å². The van der Waals surface area contributed by atoms with Crippen LogP contribution in [0.25, 0.3) is 0 Å². The maximum absolute atomic E-state index is 11.9. The lowest BCUT2D eigenvalue weighted by atomic mass is 10.00. The fourth-order valence-corrected chi connectivity index (χ4v) is 1.54. The predicted octanol–water partition coefficient (Wildman–Crippen LogP) is 2.01. The number of hydrogen-bond acceptors (Lipinski definition) is 4. The van der Waals surface area contributed by atoms with Gasteiger partial charge in [0.2, 0.25) is 0 Å². The molecule has 1 aromatic rings. The van der Waals surface area contributed by atoms with E-state index in [2.05, 4.69) is 4.74 Å². The molecule has 0 aliphatic carbocycles. The number of hydrogen-bond donors (Lipinski definition) is 1. The molecule has 0 amide bonds. The summed E-state index contributed by atoms with van der Waals surface area (Å²) >= 11 is 0. The number of Topliss-reactive ketones (excluding diaryl/α,β-unsaturated/α-hetero) is 1. The highest BCUT2D eigenvalue weighted by Gasteiger charge is 2.21. The molecule has 0 bridgehead atoms. The molecule has 0 saturated carbocycles. The summed E-state index contributed by atoms with van der Waals surface area (Å²) in [6.45, 7) is 3.05. The van der Waals surface area contributed by atoms with Crippen molar-refractivity contribution in [3.05, 3.63) is 47.0 Å². The van der Waals surface area contributed by atoms with Crippen LogP contribution in [0.4, 0.5) is 0 Å². The summed E-state index contributed by atoms with van der Waals surface area (Å²) in [6.07, 6.45) is 2.46. The number of esters is 1. The molecule has 106 valence electrons. The molecule has 0 aromatic heterocycles. The third kappa shape index (κ3) is 4.68. The normalized spacial score (nSPS) is 9.70. The number of rotatable bonds is 6. The highest BCUT2D eigenvalue weighted by Crippen LogP contribution is 2.12. The van der Waals surface area contributed by atoms with Gasteiger partial charge in [0.25, 0.3) is 5.78 Å². The van der Waals surface area contributed by atoms with Crippen molar-refractivity contribution in [1.82, 2.24) is 0 Å². The first-order chi connectivity index (χ1) is 9.41. The Morgan fingerprint density at radius 2 is 1.85 bits per heavy atom. The molecule has 5 heteroatoms. The summed E-state index contributed by atoms with van der Waals surface area (Å²) in [4.78, 5) is 33.7. The summed E-state index contributed by atoms with van der Waals surface area (Å²) in [5, 5.41) is 8.42. The highest BCUT2D eigenvalue weighted by molar-refractivity contribution is 6.41. The standard InChI is InChI=1S/C15H16O5/c1-10(2)7-8-11-5-3-4-6-12(11)14(18)15(19)20-9-13(16)17/h3-7H,8-9H2,1-2H3,(H,16,17).